The fourth-order valence-electron chi connectivity index (χ4n) is 2.52. The maximum Gasteiger partial charge on any atom is 0.330 e. The van der Waals surface area contributed by atoms with Crippen LogP contribution in [0.5, 0.6) is 0 Å². The Hall–Kier alpha value is -1.42. The number of methoxy groups -OCH3 is 1. The summed E-state index contributed by atoms with van der Waals surface area (Å²) in [5.41, 5.74) is -1.09. The Bertz CT molecular complexity index is 710. The van der Waals surface area contributed by atoms with Crippen molar-refractivity contribution in [1.82, 2.24) is 9.55 Å². The lowest BCUT2D eigenvalue weighted by molar-refractivity contribution is -0.112. The summed E-state index contributed by atoms with van der Waals surface area (Å²) < 4.78 is 18.8. The number of H-pyrrole nitrogens is 1. The smallest absolute Gasteiger partial charge is 0.330 e. The molecule has 0 spiro atoms. The van der Waals surface area contributed by atoms with Crippen LogP contribution >= 0.6 is 0 Å². The van der Waals surface area contributed by atoms with Crippen LogP contribution in [0.25, 0.3) is 0 Å². The van der Waals surface area contributed by atoms with Crippen LogP contribution in [0.2, 0.25) is 0 Å². The molecule has 1 fully saturated rings. The number of aromatic nitrogens is 2. The van der Waals surface area contributed by atoms with Crippen molar-refractivity contribution in [2.75, 3.05) is 13.4 Å². The molecule has 0 aliphatic carbocycles. The molecule has 5 atom stereocenters. The number of nitrogens with one attached hydrogen (secondary N) is 1. The molecule has 0 saturated carbocycles. The molecule has 1 aliphatic rings. The maximum atomic E-state index is 12.1. The molecule has 2 rings (SSSR count). The van der Waals surface area contributed by atoms with Crippen molar-refractivity contribution >= 4 is 17.5 Å². The Kier molecular flexibility index (Phi) is 6.26. The largest absolute Gasteiger partial charge is 0.374 e. The molecule has 1 saturated heterocycles. The molecule has 1 N–H and O–H groups in total. The van der Waals surface area contributed by atoms with Crippen molar-refractivity contribution in [3.8, 4) is 0 Å². The SMILES string of the molecule is CO[C@@H]1[C@H](O[S+](C)C(C)(C)C)[C@@H](CC=O)O[C@H]1n1ccc(=O)[nH]c1=O. The van der Waals surface area contributed by atoms with Crippen LogP contribution in [-0.2, 0) is 29.6 Å². The zero-order valence-corrected chi connectivity index (χ0v) is 15.9. The van der Waals surface area contributed by atoms with Crippen LogP contribution in [0.15, 0.2) is 21.9 Å². The molecule has 0 radical (unpaired) electrons. The standard InChI is InChI=1S/C16H24N2O6S/c1-16(2,3)25(5)24-12-10(7-9-19)23-14(13(12)22-4)18-8-6-11(20)17-15(18)21/h6,8-10,12-14H,7H2,1-5H3/p+1/t10-,12-,13-,14-,25?/m1/s1. The number of aldehydes is 1. The summed E-state index contributed by atoms with van der Waals surface area (Å²) in [7, 11) is 1.50. The van der Waals surface area contributed by atoms with E-state index in [1.807, 2.05) is 6.26 Å². The van der Waals surface area contributed by atoms with E-state index in [9.17, 15) is 14.4 Å². The molecule has 8 nitrogen and oxygen atoms in total. The maximum absolute atomic E-state index is 12.1. The van der Waals surface area contributed by atoms with E-state index in [2.05, 4.69) is 25.8 Å². The van der Waals surface area contributed by atoms with Crippen molar-refractivity contribution in [2.45, 2.75) is 56.5 Å². The summed E-state index contributed by atoms with van der Waals surface area (Å²) in [6, 6.07) is 1.24. The second-order valence-corrected chi connectivity index (χ2v) is 9.14. The summed E-state index contributed by atoms with van der Waals surface area (Å²) in [5, 5.41) is 0. The highest BCUT2D eigenvalue weighted by Crippen LogP contribution is 2.36. The molecule has 0 aromatic carbocycles. The number of nitrogens with zero attached hydrogens (tertiary/aromatic N) is 1. The van der Waals surface area contributed by atoms with Crippen LogP contribution in [0.4, 0.5) is 0 Å². The predicted octanol–water partition coefficient (Wildman–Crippen LogP) is 0.385. The fourth-order valence-corrected chi connectivity index (χ4v) is 3.38. The third kappa shape index (κ3) is 4.41. The second-order valence-electron chi connectivity index (χ2n) is 6.81. The van der Waals surface area contributed by atoms with E-state index >= 15 is 0 Å². The lowest BCUT2D eigenvalue weighted by Crippen LogP contribution is -2.43. The lowest BCUT2D eigenvalue weighted by atomic mass is 10.1. The van der Waals surface area contributed by atoms with Crippen molar-refractivity contribution in [3.63, 3.8) is 0 Å². The molecule has 1 unspecified atom stereocenters. The quantitative estimate of drug-likeness (QED) is 0.572. The summed E-state index contributed by atoms with van der Waals surface area (Å²) >= 11 is -0.425. The van der Waals surface area contributed by atoms with E-state index in [0.717, 1.165) is 6.29 Å². The first kappa shape index (κ1) is 19.9. The zero-order chi connectivity index (χ0) is 18.8. The highest BCUT2D eigenvalue weighted by Gasteiger charge is 2.51. The average molecular weight is 373 g/mol. The highest BCUT2D eigenvalue weighted by atomic mass is 32.2. The topological polar surface area (TPSA) is 99.6 Å². The molecule has 0 amide bonds. The lowest BCUT2D eigenvalue weighted by Gasteiger charge is -2.24. The van der Waals surface area contributed by atoms with Gasteiger partial charge >= 0.3 is 5.69 Å². The van der Waals surface area contributed by atoms with E-state index in [1.54, 1.807) is 0 Å². The molecule has 2 heterocycles. The minimum absolute atomic E-state index is 0.0864. The molecule has 25 heavy (non-hydrogen) atoms. The Morgan fingerprint density at radius 3 is 2.56 bits per heavy atom. The van der Waals surface area contributed by atoms with Gasteiger partial charge in [-0.25, -0.2) is 4.79 Å². The third-order valence-electron chi connectivity index (χ3n) is 4.13. The van der Waals surface area contributed by atoms with Gasteiger partial charge in [-0.2, -0.15) is 4.18 Å². The number of ether oxygens (including phenoxy) is 2. The summed E-state index contributed by atoms with van der Waals surface area (Å²) in [6.07, 6.45) is 1.79. The third-order valence-corrected chi connectivity index (χ3v) is 6.36. The van der Waals surface area contributed by atoms with E-state index in [-0.39, 0.29) is 11.2 Å². The minimum atomic E-state index is -0.790. The van der Waals surface area contributed by atoms with E-state index in [0.29, 0.717) is 0 Å². The normalized spacial score (nSPS) is 28.0. The van der Waals surface area contributed by atoms with Gasteiger partial charge in [0.15, 0.2) is 17.1 Å². The first-order chi connectivity index (χ1) is 11.7. The van der Waals surface area contributed by atoms with Crippen LogP contribution in [0.1, 0.15) is 33.4 Å². The molecule has 1 aromatic rings. The number of carbonyl (C=O) groups excluding carboxylic acids is 1. The van der Waals surface area contributed by atoms with E-state index in [4.69, 9.17) is 13.7 Å². The summed E-state index contributed by atoms with van der Waals surface area (Å²) in [4.78, 5) is 36.6. The van der Waals surface area contributed by atoms with Gasteiger partial charge in [0.05, 0.1) is 0 Å². The average Bonchev–Trinajstić information content (AvgIpc) is 2.84. The predicted molar refractivity (Wildman–Crippen MR) is 94.6 cm³/mol. The Morgan fingerprint density at radius 1 is 1.36 bits per heavy atom. The van der Waals surface area contributed by atoms with Crippen LogP contribution in [0.3, 0.4) is 0 Å². The molecule has 0 bridgehead atoms. The van der Waals surface area contributed by atoms with Gasteiger partial charge in [-0.3, -0.25) is 14.3 Å². The number of carbonyl (C=O) groups is 1. The summed E-state index contributed by atoms with van der Waals surface area (Å²) in [6.45, 7) is 6.19. The van der Waals surface area contributed by atoms with Gasteiger partial charge in [-0.05, 0) is 20.8 Å². The van der Waals surface area contributed by atoms with Gasteiger partial charge in [0.2, 0.25) is 0 Å². The summed E-state index contributed by atoms with van der Waals surface area (Å²) in [5.74, 6) is 0. The number of rotatable bonds is 6. The van der Waals surface area contributed by atoms with Crippen molar-refractivity contribution in [2.24, 2.45) is 0 Å². The second kappa shape index (κ2) is 7.86. The van der Waals surface area contributed by atoms with Crippen LogP contribution < -0.4 is 11.2 Å². The zero-order valence-electron chi connectivity index (χ0n) is 15.1. The number of hydrogen-bond acceptors (Lipinski definition) is 6. The fraction of sp³-hybridized carbons (Fsp3) is 0.688. The first-order valence-electron chi connectivity index (χ1n) is 7.95. The molecular formula is C16H25N2O6S+. The van der Waals surface area contributed by atoms with E-state index < -0.39 is 47.0 Å². The molecular weight excluding hydrogens is 348 g/mol. The van der Waals surface area contributed by atoms with Crippen molar-refractivity contribution in [3.05, 3.63) is 33.1 Å². The first-order valence-corrected chi connectivity index (χ1v) is 9.51. The van der Waals surface area contributed by atoms with Gasteiger partial charge in [-0.1, -0.05) is 0 Å². The number of hydrogen-bond donors (Lipinski definition) is 1. The van der Waals surface area contributed by atoms with Crippen LogP contribution in [0, 0.1) is 0 Å². The van der Waals surface area contributed by atoms with Gasteiger partial charge in [0.1, 0.15) is 35.9 Å². The Balaban J connectivity index is 2.35. The van der Waals surface area contributed by atoms with Crippen molar-refractivity contribution < 1.29 is 18.5 Å². The van der Waals surface area contributed by atoms with Gasteiger partial charge in [0, 0.05) is 25.8 Å². The van der Waals surface area contributed by atoms with E-state index in [1.165, 1.54) is 23.9 Å². The van der Waals surface area contributed by atoms with Crippen LogP contribution in [-0.4, -0.2) is 52.3 Å². The molecule has 1 aromatic heterocycles. The Morgan fingerprint density at radius 2 is 2.04 bits per heavy atom. The molecule has 140 valence electrons. The number of aromatic amines is 1. The van der Waals surface area contributed by atoms with Gasteiger partial charge < -0.3 is 14.3 Å². The highest BCUT2D eigenvalue weighted by molar-refractivity contribution is 7.93. The van der Waals surface area contributed by atoms with Crippen molar-refractivity contribution in [1.29, 1.82) is 0 Å². The monoisotopic (exact) mass is 373 g/mol. The minimum Gasteiger partial charge on any atom is -0.374 e. The van der Waals surface area contributed by atoms with Gasteiger partial charge in [0.25, 0.3) is 5.56 Å². The molecule has 1 aliphatic heterocycles. The molecule has 9 heteroatoms. The van der Waals surface area contributed by atoms with Gasteiger partial charge in [-0.15, -0.1) is 0 Å². The Labute approximate surface area is 149 Å².